The fourth-order valence-corrected chi connectivity index (χ4v) is 6.26. The Hall–Kier alpha value is -2.09. The highest BCUT2D eigenvalue weighted by Gasteiger charge is 2.37. The van der Waals surface area contributed by atoms with E-state index in [4.69, 9.17) is 16.3 Å². The molecule has 172 valence electrons. The summed E-state index contributed by atoms with van der Waals surface area (Å²) in [6.07, 6.45) is 3.01. The van der Waals surface area contributed by atoms with Crippen molar-refractivity contribution >= 4 is 27.5 Å². The molecule has 4 rings (SSSR count). The molecule has 2 aliphatic heterocycles. The maximum absolute atomic E-state index is 13.3. The first-order chi connectivity index (χ1) is 15.4. The van der Waals surface area contributed by atoms with E-state index in [9.17, 15) is 13.2 Å². The van der Waals surface area contributed by atoms with Gasteiger partial charge in [-0.15, -0.1) is 0 Å². The minimum absolute atomic E-state index is 0.0778. The molecule has 0 unspecified atom stereocenters. The van der Waals surface area contributed by atoms with E-state index in [-0.39, 0.29) is 22.8 Å². The highest BCUT2D eigenvalue weighted by molar-refractivity contribution is 7.89. The Morgan fingerprint density at radius 3 is 2.28 bits per heavy atom. The molecule has 8 heteroatoms. The molecule has 0 bridgehead atoms. The lowest BCUT2D eigenvalue weighted by Gasteiger charge is -2.34. The number of nitrogens with zero attached hydrogens (tertiary/aromatic N) is 2. The maximum atomic E-state index is 13.3. The van der Waals surface area contributed by atoms with E-state index in [0.29, 0.717) is 37.6 Å². The Balaban J connectivity index is 1.39. The van der Waals surface area contributed by atoms with Crippen LogP contribution in [0.1, 0.15) is 44.2 Å². The summed E-state index contributed by atoms with van der Waals surface area (Å²) in [5.41, 5.74) is 1.13. The second-order valence-corrected chi connectivity index (χ2v) is 10.7. The van der Waals surface area contributed by atoms with Gasteiger partial charge in [-0.1, -0.05) is 23.7 Å². The number of ether oxygens (including phenoxy) is 1. The lowest BCUT2D eigenvalue weighted by molar-refractivity contribution is -0.137. The van der Waals surface area contributed by atoms with Crippen molar-refractivity contribution in [3.05, 3.63) is 59.1 Å². The van der Waals surface area contributed by atoms with Gasteiger partial charge in [0.25, 0.3) is 0 Å². The third kappa shape index (κ3) is 4.80. The molecule has 0 aromatic heterocycles. The molecule has 0 N–H and O–H groups in total. The van der Waals surface area contributed by atoms with Crippen molar-refractivity contribution in [1.29, 1.82) is 0 Å². The Kier molecular flexibility index (Phi) is 7.08. The SMILES string of the molecule is CCOc1ccc([C@H]2CCCN2C(=O)C2CCN(S(=O)(=O)c3ccc(Cl)cc3)CC2)cc1. The molecule has 1 atom stereocenters. The zero-order chi connectivity index (χ0) is 22.7. The number of hydrogen-bond acceptors (Lipinski definition) is 4. The predicted molar refractivity (Wildman–Crippen MR) is 124 cm³/mol. The van der Waals surface area contributed by atoms with Crippen molar-refractivity contribution in [3.63, 3.8) is 0 Å². The van der Waals surface area contributed by atoms with Gasteiger partial charge in [0.2, 0.25) is 15.9 Å². The van der Waals surface area contributed by atoms with Gasteiger partial charge in [-0.05, 0) is 74.6 Å². The van der Waals surface area contributed by atoms with E-state index in [1.165, 1.54) is 16.4 Å². The first-order valence-electron chi connectivity index (χ1n) is 11.2. The van der Waals surface area contributed by atoms with E-state index >= 15 is 0 Å². The molecular formula is C24H29ClN2O4S. The lowest BCUT2D eigenvalue weighted by atomic mass is 9.95. The summed E-state index contributed by atoms with van der Waals surface area (Å²) in [6.45, 7) is 4.03. The van der Waals surface area contributed by atoms with Gasteiger partial charge in [-0.25, -0.2) is 8.42 Å². The van der Waals surface area contributed by atoms with Gasteiger partial charge in [0.15, 0.2) is 0 Å². The van der Waals surface area contributed by atoms with Crippen LogP contribution in [-0.4, -0.2) is 49.8 Å². The Labute approximate surface area is 195 Å². The third-order valence-electron chi connectivity index (χ3n) is 6.37. The highest BCUT2D eigenvalue weighted by Crippen LogP contribution is 2.36. The molecular weight excluding hydrogens is 448 g/mol. The molecule has 0 saturated carbocycles. The van der Waals surface area contributed by atoms with Crippen LogP contribution < -0.4 is 4.74 Å². The van der Waals surface area contributed by atoms with Crippen LogP contribution in [0.4, 0.5) is 0 Å². The zero-order valence-electron chi connectivity index (χ0n) is 18.2. The van der Waals surface area contributed by atoms with Gasteiger partial charge in [-0.3, -0.25) is 4.79 Å². The van der Waals surface area contributed by atoms with Gasteiger partial charge < -0.3 is 9.64 Å². The van der Waals surface area contributed by atoms with Crippen molar-refractivity contribution in [1.82, 2.24) is 9.21 Å². The predicted octanol–water partition coefficient (Wildman–Crippen LogP) is 4.50. The molecule has 0 aliphatic carbocycles. The van der Waals surface area contributed by atoms with Crippen LogP contribution in [0.2, 0.25) is 5.02 Å². The third-order valence-corrected chi connectivity index (χ3v) is 8.53. The number of carbonyl (C=O) groups is 1. The van der Waals surface area contributed by atoms with Gasteiger partial charge in [0.1, 0.15) is 5.75 Å². The number of halogens is 1. The fourth-order valence-electron chi connectivity index (χ4n) is 4.66. The Bertz CT molecular complexity index is 1030. The lowest BCUT2D eigenvalue weighted by Crippen LogP contribution is -2.44. The van der Waals surface area contributed by atoms with Crippen LogP contribution in [0, 0.1) is 5.92 Å². The fraction of sp³-hybridized carbons (Fsp3) is 0.458. The number of sulfonamides is 1. The van der Waals surface area contributed by atoms with E-state index in [1.807, 2.05) is 36.1 Å². The minimum Gasteiger partial charge on any atom is -0.494 e. The number of rotatable bonds is 6. The molecule has 2 heterocycles. The molecule has 2 saturated heterocycles. The monoisotopic (exact) mass is 476 g/mol. The summed E-state index contributed by atoms with van der Waals surface area (Å²) >= 11 is 5.88. The van der Waals surface area contributed by atoms with Crippen LogP contribution in [0.25, 0.3) is 0 Å². The minimum atomic E-state index is -3.57. The topological polar surface area (TPSA) is 66.9 Å². The molecule has 2 fully saturated rings. The summed E-state index contributed by atoms with van der Waals surface area (Å²) in [5, 5.41) is 0.501. The zero-order valence-corrected chi connectivity index (χ0v) is 19.8. The van der Waals surface area contributed by atoms with Gasteiger partial charge >= 0.3 is 0 Å². The van der Waals surface area contributed by atoms with Crippen LogP contribution >= 0.6 is 11.6 Å². The molecule has 6 nitrogen and oxygen atoms in total. The molecule has 1 amide bonds. The van der Waals surface area contributed by atoms with E-state index in [2.05, 4.69) is 0 Å². The van der Waals surface area contributed by atoms with Crippen LogP contribution in [-0.2, 0) is 14.8 Å². The standard InChI is InChI=1S/C24H29ClN2O4S/c1-2-31-21-9-5-18(6-10-21)23-4-3-15-27(23)24(28)19-13-16-26(17-14-19)32(29,30)22-11-7-20(25)8-12-22/h5-12,19,23H,2-4,13-17H2,1H3/t23-/m1/s1. The summed E-state index contributed by atoms with van der Waals surface area (Å²) < 4.78 is 32.8. The van der Waals surface area contributed by atoms with Crippen molar-refractivity contribution in [2.75, 3.05) is 26.2 Å². The van der Waals surface area contributed by atoms with E-state index < -0.39 is 10.0 Å². The van der Waals surface area contributed by atoms with Crippen LogP contribution in [0.5, 0.6) is 5.75 Å². The van der Waals surface area contributed by atoms with Gasteiger partial charge in [-0.2, -0.15) is 4.31 Å². The number of piperidine rings is 1. The smallest absolute Gasteiger partial charge is 0.243 e. The summed E-state index contributed by atoms with van der Waals surface area (Å²) in [7, 11) is -3.57. The van der Waals surface area contributed by atoms with Crippen LogP contribution in [0.15, 0.2) is 53.4 Å². The van der Waals surface area contributed by atoms with E-state index in [1.54, 1.807) is 12.1 Å². The number of hydrogen-bond donors (Lipinski definition) is 0. The number of carbonyl (C=O) groups excluding carboxylic acids is 1. The van der Waals surface area contributed by atoms with Crippen LogP contribution in [0.3, 0.4) is 0 Å². The molecule has 32 heavy (non-hydrogen) atoms. The normalized spacial score (nSPS) is 20.4. The summed E-state index contributed by atoms with van der Waals surface area (Å²) in [4.78, 5) is 15.6. The largest absolute Gasteiger partial charge is 0.494 e. The second kappa shape index (κ2) is 9.81. The van der Waals surface area contributed by atoms with Crippen molar-refractivity contribution in [2.45, 2.75) is 43.5 Å². The Morgan fingerprint density at radius 2 is 1.66 bits per heavy atom. The number of likely N-dealkylation sites (tertiary alicyclic amines) is 1. The van der Waals surface area contributed by atoms with Crippen molar-refractivity contribution in [2.24, 2.45) is 5.92 Å². The second-order valence-electron chi connectivity index (χ2n) is 8.32. The molecule has 0 radical (unpaired) electrons. The average Bonchev–Trinajstić information content (AvgIpc) is 3.30. The first-order valence-corrected chi connectivity index (χ1v) is 13.0. The molecule has 2 aliphatic rings. The molecule has 2 aromatic rings. The highest BCUT2D eigenvalue weighted by atomic mass is 35.5. The number of benzene rings is 2. The van der Waals surface area contributed by atoms with Crippen molar-refractivity contribution in [3.8, 4) is 5.75 Å². The van der Waals surface area contributed by atoms with Gasteiger partial charge in [0.05, 0.1) is 17.5 Å². The summed E-state index contributed by atoms with van der Waals surface area (Å²) in [5.74, 6) is 0.835. The maximum Gasteiger partial charge on any atom is 0.243 e. The summed E-state index contributed by atoms with van der Waals surface area (Å²) in [6, 6.07) is 14.3. The Morgan fingerprint density at radius 1 is 1.00 bits per heavy atom. The average molecular weight is 477 g/mol. The first kappa shape index (κ1) is 23.1. The number of amides is 1. The van der Waals surface area contributed by atoms with Crippen molar-refractivity contribution < 1.29 is 17.9 Å². The van der Waals surface area contributed by atoms with Gasteiger partial charge in [0, 0.05) is 30.6 Å². The van der Waals surface area contributed by atoms with E-state index in [0.717, 1.165) is 30.7 Å². The molecule has 0 spiro atoms. The molecule has 2 aromatic carbocycles. The quantitative estimate of drug-likeness (QED) is 0.615.